The van der Waals surface area contributed by atoms with Crippen LogP contribution in [0, 0.1) is 5.92 Å². The summed E-state index contributed by atoms with van der Waals surface area (Å²) in [5, 5.41) is 11.3. The lowest BCUT2D eigenvalue weighted by Gasteiger charge is -2.20. The van der Waals surface area contributed by atoms with Gasteiger partial charge in [0.1, 0.15) is 5.75 Å². The maximum Gasteiger partial charge on any atom is 0.310 e. The second-order valence-electron chi connectivity index (χ2n) is 3.59. The van der Waals surface area contributed by atoms with Crippen LogP contribution in [0.15, 0.2) is 30.3 Å². The van der Waals surface area contributed by atoms with Gasteiger partial charge in [-0.25, -0.2) is 0 Å². The van der Waals surface area contributed by atoms with E-state index in [1.54, 1.807) is 24.3 Å². The highest BCUT2D eigenvalue weighted by atomic mass is 16.5. The predicted octanol–water partition coefficient (Wildman–Crippen LogP) is 0.901. The average Bonchev–Trinajstić information content (AvgIpc) is 2.35. The highest BCUT2D eigenvalue weighted by molar-refractivity contribution is 5.86. The molecule has 0 aromatic heterocycles. The van der Waals surface area contributed by atoms with E-state index in [4.69, 9.17) is 9.84 Å². The van der Waals surface area contributed by atoms with Gasteiger partial charge < -0.3 is 15.2 Å². The van der Waals surface area contributed by atoms with Crippen molar-refractivity contribution in [1.82, 2.24) is 5.32 Å². The van der Waals surface area contributed by atoms with E-state index in [0.717, 1.165) is 0 Å². The Hall–Kier alpha value is -2.04. The normalized spacial score (nSPS) is 13.5. The zero-order chi connectivity index (χ0) is 12.8. The number of amides is 1. The first-order chi connectivity index (χ1) is 8.06. The first-order valence-corrected chi connectivity index (χ1v) is 5.22. The van der Waals surface area contributed by atoms with E-state index in [-0.39, 0.29) is 0 Å². The molecular formula is C12H15NO4. The second kappa shape index (κ2) is 5.89. The van der Waals surface area contributed by atoms with Gasteiger partial charge in [0.25, 0.3) is 5.91 Å². The molecule has 2 atom stereocenters. The van der Waals surface area contributed by atoms with Gasteiger partial charge in [0.05, 0.1) is 5.92 Å². The van der Waals surface area contributed by atoms with E-state index < -0.39 is 23.9 Å². The van der Waals surface area contributed by atoms with Gasteiger partial charge in [-0.2, -0.15) is 0 Å². The molecule has 1 amide bonds. The second-order valence-corrected chi connectivity index (χ2v) is 3.59. The Morgan fingerprint density at radius 3 is 2.35 bits per heavy atom. The predicted molar refractivity (Wildman–Crippen MR) is 61.7 cm³/mol. The van der Waals surface area contributed by atoms with Gasteiger partial charge in [-0.1, -0.05) is 18.2 Å². The fourth-order valence-electron chi connectivity index (χ4n) is 1.30. The molecule has 0 aliphatic heterocycles. The van der Waals surface area contributed by atoms with Gasteiger partial charge in [-0.15, -0.1) is 0 Å². The third kappa shape index (κ3) is 3.48. The largest absolute Gasteiger partial charge is 0.481 e. The van der Waals surface area contributed by atoms with E-state index in [2.05, 4.69) is 5.32 Å². The number of benzene rings is 1. The van der Waals surface area contributed by atoms with Gasteiger partial charge in [-0.05, 0) is 19.1 Å². The summed E-state index contributed by atoms with van der Waals surface area (Å²) in [7, 11) is 1.44. The third-order valence-corrected chi connectivity index (χ3v) is 2.35. The molecule has 1 rings (SSSR count). The third-order valence-electron chi connectivity index (χ3n) is 2.35. The number of aliphatic carboxylic acids is 1. The summed E-state index contributed by atoms with van der Waals surface area (Å²) in [4.78, 5) is 22.5. The zero-order valence-electron chi connectivity index (χ0n) is 9.71. The van der Waals surface area contributed by atoms with E-state index in [9.17, 15) is 9.59 Å². The molecule has 0 bridgehead atoms. The summed E-state index contributed by atoms with van der Waals surface area (Å²) in [5.74, 6) is -1.98. The molecule has 5 heteroatoms. The molecule has 0 radical (unpaired) electrons. The SMILES string of the molecule is CNC(=O)C(Oc1ccccc1)C(C)C(=O)O. The Bertz CT molecular complexity index is 391. The topological polar surface area (TPSA) is 75.6 Å². The minimum atomic E-state index is -1.07. The summed E-state index contributed by atoms with van der Waals surface area (Å²) in [6.45, 7) is 1.44. The molecular weight excluding hydrogens is 222 g/mol. The molecule has 0 saturated heterocycles. The van der Waals surface area contributed by atoms with E-state index in [1.807, 2.05) is 6.07 Å². The number of para-hydroxylation sites is 1. The summed E-state index contributed by atoms with van der Waals surface area (Å²) in [6.07, 6.45) is -1.04. The van der Waals surface area contributed by atoms with Crippen molar-refractivity contribution in [3.63, 3.8) is 0 Å². The number of carboxylic acid groups (broad SMARTS) is 1. The smallest absolute Gasteiger partial charge is 0.310 e. The highest BCUT2D eigenvalue weighted by Crippen LogP contribution is 2.16. The molecule has 17 heavy (non-hydrogen) atoms. The molecule has 92 valence electrons. The van der Waals surface area contributed by atoms with Crippen LogP contribution in [-0.4, -0.2) is 30.1 Å². The molecule has 0 heterocycles. The maximum atomic E-state index is 11.6. The van der Waals surface area contributed by atoms with Crippen LogP contribution in [0.3, 0.4) is 0 Å². The number of rotatable bonds is 5. The van der Waals surface area contributed by atoms with Crippen LogP contribution >= 0.6 is 0 Å². The van der Waals surface area contributed by atoms with Crippen molar-refractivity contribution < 1.29 is 19.4 Å². The summed E-state index contributed by atoms with van der Waals surface area (Å²) in [6, 6.07) is 8.65. The van der Waals surface area contributed by atoms with Crippen LogP contribution < -0.4 is 10.1 Å². The van der Waals surface area contributed by atoms with Crippen LogP contribution in [0.4, 0.5) is 0 Å². The quantitative estimate of drug-likeness (QED) is 0.797. The lowest BCUT2D eigenvalue weighted by atomic mass is 10.0. The first kappa shape index (κ1) is 13.0. The lowest BCUT2D eigenvalue weighted by molar-refractivity contribution is -0.148. The number of hydrogen-bond donors (Lipinski definition) is 2. The van der Waals surface area contributed by atoms with Crippen LogP contribution in [-0.2, 0) is 9.59 Å². The molecule has 2 N–H and O–H groups in total. The van der Waals surface area contributed by atoms with Crippen molar-refractivity contribution in [1.29, 1.82) is 0 Å². The van der Waals surface area contributed by atoms with Crippen LogP contribution in [0.2, 0.25) is 0 Å². The number of hydrogen-bond acceptors (Lipinski definition) is 3. The fourth-order valence-corrected chi connectivity index (χ4v) is 1.30. The van der Waals surface area contributed by atoms with Crippen molar-refractivity contribution in [3.8, 4) is 5.75 Å². The minimum absolute atomic E-state index is 0.455. The Kier molecular flexibility index (Phi) is 4.51. The fraction of sp³-hybridized carbons (Fsp3) is 0.333. The molecule has 5 nitrogen and oxygen atoms in total. The van der Waals surface area contributed by atoms with Gasteiger partial charge in [0.2, 0.25) is 0 Å². The standard InChI is InChI=1S/C12H15NO4/c1-8(12(15)16)10(11(14)13-2)17-9-6-4-3-5-7-9/h3-8,10H,1-2H3,(H,13,14)(H,15,16). The lowest BCUT2D eigenvalue weighted by Crippen LogP contribution is -2.43. The molecule has 1 aromatic rings. The Morgan fingerprint density at radius 1 is 1.29 bits per heavy atom. The van der Waals surface area contributed by atoms with E-state index in [0.29, 0.717) is 5.75 Å². The molecule has 1 aromatic carbocycles. The van der Waals surface area contributed by atoms with E-state index in [1.165, 1.54) is 14.0 Å². The van der Waals surface area contributed by atoms with Gasteiger partial charge in [-0.3, -0.25) is 9.59 Å². The van der Waals surface area contributed by atoms with Gasteiger partial charge >= 0.3 is 5.97 Å². The van der Waals surface area contributed by atoms with Crippen LogP contribution in [0.1, 0.15) is 6.92 Å². The molecule has 2 unspecified atom stereocenters. The molecule has 0 spiro atoms. The number of carbonyl (C=O) groups is 2. The van der Waals surface area contributed by atoms with Crippen molar-refractivity contribution >= 4 is 11.9 Å². The number of carbonyl (C=O) groups excluding carboxylic acids is 1. The molecule has 0 saturated carbocycles. The summed E-state index contributed by atoms with van der Waals surface area (Å²) < 4.78 is 5.40. The Labute approximate surface area is 99.4 Å². The van der Waals surface area contributed by atoms with Crippen LogP contribution in [0.25, 0.3) is 0 Å². The van der Waals surface area contributed by atoms with Crippen molar-refractivity contribution in [2.24, 2.45) is 5.92 Å². The Morgan fingerprint density at radius 2 is 1.88 bits per heavy atom. The number of ether oxygens (including phenoxy) is 1. The molecule has 0 aliphatic carbocycles. The highest BCUT2D eigenvalue weighted by Gasteiger charge is 2.31. The number of likely N-dealkylation sites (N-methyl/N-ethyl adjacent to an activating group) is 1. The monoisotopic (exact) mass is 237 g/mol. The van der Waals surface area contributed by atoms with Gasteiger partial charge in [0, 0.05) is 7.05 Å². The number of nitrogens with one attached hydrogen (secondary N) is 1. The summed E-state index contributed by atoms with van der Waals surface area (Å²) in [5.41, 5.74) is 0. The summed E-state index contributed by atoms with van der Waals surface area (Å²) >= 11 is 0. The average molecular weight is 237 g/mol. The first-order valence-electron chi connectivity index (χ1n) is 5.22. The van der Waals surface area contributed by atoms with Crippen molar-refractivity contribution in [2.45, 2.75) is 13.0 Å². The maximum absolute atomic E-state index is 11.6. The zero-order valence-corrected chi connectivity index (χ0v) is 9.71. The Balaban J connectivity index is 2.85. The molecule has 0 aliphatic rings. The van der Waals surface area contributed by atoms with Gasteiger partial charge in [0.15, 0.2) is 6.10 Å². The van der Waals surface area contributed by atoms with Crippen LogP contribution in [0.5, 0.6) is 5.75 Å². The molecule has 0 fully saturated rings. The number of carboxylic acids is 1. The van der Waals surface area contributed by atoms with E-state index >= 15 is 0 Å². The van der Waals surface area contributed by atoms with Crippen molar-refractivity contribution in [3.05, 3.63) is 30.3 Å². The minimum Gasteiger partial charge on any atom is -0.481 e. The van der Waals surface area contributed by atoms with Crippen molar-refractivity contribution in [2.75, 3.05) is 7.05 Å².